The van der Waals surface area contributed by atoms with Crippen LogP contribution in [0.1, 0.15) is 16.3 Å². The Bertz CT molecular complexity index is 368. The van der Waals surface area contributed by atoms with Crippen molar-refractivity contribution in [3.8, 4) is 0 Å². The molecule has 5 nitrogen and oxygen atoms in total. The molecule has 1 aromatic heterocycles. The molecule has 1 aromatic rings. The molecular formula is C8H10IN3O2. The Morgan fingerprint density at radius 2 is 2.14 bits per heavy atom. The maximum absolute atomic E-state index is 11.2. The summed E-state index contributed by atoms with van der Waals surface area (Å²) in [5.74, 6) is 0.189. The third kappa shape index (κ3) is 2.11. The van der Waals surface area contributed by atoms with Crippen molar-refractivity contribution in [2.24, 2.45) is 0 Å². The van der Waals surface area contributed by atoms with Crippen LogP contribution in [0.5, 0.6) is 0 Å². The molecule has 1 rings (SSSR count). The third-order valence-corrected chi connectivity index (χ3v) is 2.91. The van der Waals surface area contributed by atoms with E-state index >= 15 is 0 Å². The predicted molar refractivity (Wildman–Crippen MR) is 60.4 cm³/mol. The molecule has 0 saturated heterocycles. The van der Waals surface area contributed by atoms with Crippen molar-refractivity contribution in [1.29, 1.82) is 0 Å². The van der Waals surface area contributed by atoms with Crippen molar-refractivity contribution in [2.45, 2.75) is 6.92 Å². The number of ether oxygens (including phenoxy) is 1. The lowest BCUT2D eigenvalue weighted by Crippen LogP contribution is -2.11. The summed E-state index contributed by atoms with van der Waals surface area (Å²) in [6.45, 7) is 1.82. The molecule has 0 unspecified atom stereocenters. The van der Waals surface area contributed by atoms with Crippen LogP contribution in [0.2, 0.25) is 0 Å². The van der Waals surface area contributed by atoms with Crippen LogP contribution in [0.4, 0.5) is 5.82 Å². The Morgan fingerprint density at radius 1 is 1.50 bits per heavy atom. The minimum atomic E-state index is -0.527. The summed E-state index contributed by atoms with van der Waals surface area (Å²) in [6.07, 6.45) is 0. The van der Waals surface area contributed by atoms with Crippen molar-refractivity contribution >= 4 is 34.4 Å². The van der Waals surface area contributed by atoms with Crippen LogP contribution in [-0.2, 0) is 4.74 Å². The molecule has 0 bridgehead atoms. The molecule has 0 fully saturated rings. The van der Waals surface area contributed by atoms with E-state index in [1.54, 1.807) is 7.05 Å². The average Bonchev–Trinajstić information content (AvgIpc) is 2.20. The first-order valence-electron chi connectivity index (χ1n) is 3.90. The van der Waals surface area contributed by atoms with E-state index in [1.165, 1.54) is 7.11 Å². The number of carbonyl (C=O) groups excluding carboxylic acids is 1. The number of aryl methyl sites for hydroxylation is 1. The van der Waals surface area contributed by atoms with Gasteiger partial charge in [-0.2, -0.15) is 0 Å². The highest BCUT2D eigenvalue weighted by Crippen LogP contribution is 2.17. The van der Waals surface area contributed by atoms with Gasteiger partial charge in [0, 0.05) is 7.05 Å². The van der Waals surface area contributed by atoms with Gasteiger partial charge in [-0.1, -0.05) is 0 Å². The van der Waals surface area contributed by atoms with Gasteiger partial charge in [-0.25, -0.2) is 14.8 Å². The fourth-order valence-corrected chi connectivity index (χ4v) is 1.42. The fourth-order valence-electron chi connectivity index (χ4n) is 0.907. The average molecular weight is 307 g/mol. The van der Waals surface area contributed by atoms with Crippen molar-refractivity contribution in [3.63, 3.8) is 0 Å². The SMILES string of the molecule is CNc1nc(C(=O)OC)nc(C)c1I. The molecule has 0 aromatic carbocycles. The summed E-state index contributed by atoms with van der Waals surface area (Å²) in [4.78, 5) is 19.2. The lowest BCUT2D eigenvalue weighted by molar-refractivity contribution is 0.0586. The summed E-state index contributed by atoms with van der Waals surface area (Å²) >= 11 is 2.12. The zero-order valence-corrected chi connectivity index (χ0v) is 10.2. The summed E-state index contributed by atoms with van der Waals surface area (Å²) < 4.78 is 5.44. The summed E-state index contributed by atoms with van der Waals surface area (Å²) in [7, 11) is 3.04. The second kappa shape index (κ2) is 4.54. The number of esters is 1. The molecule has 0 atom stereocenters. The number of hydrogen-bond donors (Lipinski definition) is 1. The molecule has 0 aliphatic heterocycles. The number of nitrogens with zero attached hydrogens (tertiary/aromatic N) is 2. The van der Waals surface area contributed by atoms with Gasteiger partial charge >= 0.3 is 5.97 Å². The normalized spacial score (nSPS) is 9.71. The Morgan fingerprint density at radius 3 is 2.64 bits per heavy atom. The molecule has 6 heteroatoms. The predicted octanol–water partition coefficient (Wildman–Crippen LogP) is 1.22. The highest BCUT2D eigenvalue weighted by molar-refractivity contribution is 14.1. The minimum absolute atomic E-state index is 0.0785. The number of carbonyl (C=O) groups is 1. The van der Waals surface area contributed by atoms with Gasteiger partial charge < -0.3 is 10.1 Å². The topological polar surface area (TPSA) is 64.1 Å². The van der Waals surface area contributed by atoms with Crippen LogP contribution in [0.25, 0.3) is 0 Å². The Kier molecular flexibility index (Phi) is 3.62. The van der Waals surface area contributed by atoms with Crippen LogP contribution in [0.15, 0.2) is 0 Å². The second-order valence-corrected chi connectivity index (χ2v) is 3.62. The molecule has 0 aliphatic rings. The van der Waals surface area contributed by atoms with Gasteiger partial charge in [0.2, 0.25) is 5.82 Å². The third-order valence-electron chi connectivity index (χ3n) is 1.62. The van der Waals surface area contributed by atoms with E-state index in [4.69, 9.17) is 0 Å². The van der Waals surface area contributed by atoms with E-state index < -0.39 is 5.97 Å². The van der Waals surface area contributed by atoms with Crippen LogP contribution in [-0.4, -0.2) is 30.1 Å². The van der Waals surface area contributed by atoms with Crippen LogP contribution in [0.3, 0.4) is 0 Å². The van der Waals surface area contributed by atoms with Crippen molar-refractivity contribution < 1.29 is 9.53 Å². The van der Waals surface area contributed by atoms with E-state index in [0.717, 1.165) is 9.26 Å². The molecule has 0 aliphatic carbocycles. The van der Waals surface area contributed by atoms with Gasteiger partial charge in [0.15, 0.2) is 0 Å². The Hall–Kier alpha value is -0.920. The van der Waals surface area contributed by atoms with Gasteiger partial charge in [-0.05, 0) is 29.5 Å². The van der Waals surface area contributed by atoms with Crippen LogP contribution >= 0.6 is 22.6 Å². The van der Waals surface area contributed by atoms with Gasteiger partial charge in [-0.15, -0.1) is 0 Å². The molecule has 0 spiro atoms. The van der Waals surface area contributed by atoms with Crippen LogP contribution in [0, 0.1) is 10.5 Å². The van der Waals surface area contributed by atoms with Gasteiger partial charge in [0.25, 0.3) is 0 Å². The van der Waals surface area contributed by atoms with Gasteiger partial charge in [-0.3, -0.25) is 0 Å². The van der Waals surface area contributed by atoms with Gasteiger partial charge in [0.05, 0.1) is 16.4 Å². The van der Waals surface area contributed by atoms with E-state index in [0.29, 0.717) is 5.82 Å². The van der Waals surface area contributed by atoms with Crippen molar-refractivity contribution in [2.75, 3.05) is 19.5 Å². The first-order valence-corrected chi connectivity index (χ1v) is 4.98. The Labute approximate surface area is 95.4 Å². The molecule has 76 valence electrons. The maximum Gasteiger partial charge on any atom is 0.376 e. The van der Waals surface area contributed by atoms with Crippen molar-refractivity contribution in [3.05, 3.63) is 15.1 Å². The molecule has 14 heavy (non-hydrogen) atoms. The first-order chi connectivity index (χ1) is 6.60. The Balaban J connectivity index is 3.22. The number of hydrogen-bond acceptors (Lipinski definition) is 5. The molecule has 0 amide bonds. The number of methoxy groups -OCH3 is 1. The zero-order chi connectivity index (χ0) is 10.7. The minimum Gasteiger partial charge on any atom is -0.463 e. The molecule has 1 heterocycles. The number of anilines is 1. The van der Waals surface area contributed by atoms with Crippen molar-refractivity contribution in [1.82, 2.24) is 9.97 Å². The molecule has 0 radical (unpaired) electrons. The van der Waals surface area contributed by atoms with Crippen LogP contribution < -0.4 is 5.32 Å². The zero-order valence-electron chi connectivity index (χ0n) is 8.09. The molecule has 1 N–H and O–H groups in total. The van der Waals surface area contributed by atoms with E-state index in [-0.39, 0.29) is 5.82 Å². The smallest absolute Gasteiger partial charge is 0.376 e. The monoisotopic (exact) mass is 307 g/mol. The number of halogens is 1. The summed E-state index contributed by atoms with van der Waals surface area (Å²) in [6, 6.07) is 0. The highest BCUT2D eigenvalue weighted by Gasteiger charge is 2.14. The quantitative estimate of drug-likeness (QED) is 0.657. The lowest BCUT2D eigenvalue weighted by Gasteiger charge is -2.06. The summed E-state index contributed by atoms with van der Waals surface area (Å²) in [5, 5.41) is 2.89. The lowest BCUT2D eigenvalue weighted by atomic mass is 10.4. The first kappa shape index (κ1) is 11.2. The summed E-state index contributed by atoms with van der Waals surface area (Å²) in [5.41, 5.74) is 0.755. The number of rotatable bonds is 2. The maximum atomic E-state index is 11.2. The van der Waals surface area contributed by atoms with E-state index in [2.05, 4.69) is 42.6 Å². The largest absolute Gasteiger partial charge is 0.463 e. The number of aromatic nitrogens is 2. The second-order valence-electron chi connectivity index (χ2n) is 2.54. The standard InChI is InChI=1S/C8H10IN3O2/c1-4-5(9)6(10-2)12-7(11-4)8(13)14-3/h1-3H3,(H,10,11,12). The van der Waals surface area contributed by atoms with Gasteiger partial charge in [0.1, 0.15) is 5.82 Å². The molecule has 0 saturated carbocycles. The highest BCUT2D eigenvalue weighted by atomic mass is 127. The molecular weight excluding hydrogens is 297 g/mol. The van der Waals surface area contributed by atoms with E-state index in [9.17, 15) is 4.79 Å². The number of nitrogens with one attached hydrogen (secondary N) is 1. The fraction of sp³-hybridized carbons (Fsp3) is 0.375. The van der Waals surface area contributed by atoms with E-state index in [1.807, 2.05) is 6.92 Å².